The first kappa shape index (κ1) is 14.7. The van der Waals surface area contributed by atoms with Crippen LogP contribution in [0, 0.1) is 10.1 Å². The van der Waals surface area contributed by atoms with E-state index in [1.54, 1.807) is 0 Å². The Morgan fingerprint density at radius 2 is 2.33 bits per heavy atom. The second-order valence-corrected chi connectivity index (χ2v) is 4.71. The molecule has 11 heteroatoms. The van der Waals surface area contributed by atoms with Gasteiger partial charge in [-0.15, -0.1) is 5.10 Å². The molecule has 0 amide bonds. The average Bonchev–Trinajstić information content (AvgIpc) is 2.84. The first-order chi connectivity index (χ1) is 10.0. The van der Waals surface area contributed by atoms with Gasteiger partial charge in [0.1, 0.15) is 12.3 Å². The van der Waals surface area contributed by atoms with Crippen molar-refractivity contribution in [3.63, 3.8) is 0 Å². The number of carboxylic acids is 1. The Kier molecular flexibility index (Phi) is 4.33. The molecule has 1 aromatic carbocycles. The fraction of sp³-hybridized carbons (Fsp3) is 0.200. The minimum Gasteiger partial charge on any atom is -0.497 e. The van der Waals surface area contributed by atoms with Crippen molar-refractivity contribution in [1.29, 1.82) is 0 Å². The van der Waals surface area contributed by atoms with Gasteiger partial charge < -0.3 is 9.84 Å². The number of nitrogens with zero attached hydrogens (tertiary/aromatic N) is 5. The summed E-state index contributed by atoms with van der Waals surface area (Å²) in [4.78, 5) is 21.4. The predicted octanol–water partition coefficient (Wildman–Crippen LogP) is 0.826. The highest BCUT2D eigenvalue weighted by Gasteiger charge is 2.19. The summed E-state index contributed by atoms with van der Waals surface area (Å²) in [6.45, 7) is -0.437. The van der Waals surface area contributed by atoms with Crippen LogP contribution in [0.4, 0.5) is 5.69 Å². The van der Waals surface area contributed by atoms with Gasteiger partial charge in [-0.1, -0.05) is 0 Å². The fourth-order valence-corrected chi connectivity index (χ4v) is 2.35. The van der Waals surface area contributed by atoms with Gasteiger partial charge in [-0.05, 0) is 28.3 Å². The number of methoxy groups -OCH3 is 1. The first-order valence-electron chi connectivity index (χ1n) is 5.49. The molecule has 0 aliphatic heterocycles. The zero-order valence-corrected chi connectivity index (χ0v) is 11.5. The van der Waals surface area contributed by atoms with E-state index in [0.29, 0.717) is 5.75 Å². The second-order valence-electron chi connectivity index (χ2n) is 3.71. The molecule has 110 valence electrons. The van der Waals surface area contributed by atoms with Crippen LogP contribution in [0.1, 0.15) is 0 Å². The molecular formula is C10H9N5O5S. The van der Waals surface area contributed by atoms with Crippen molar-refractivity contribution in [2.45, 2.75) is 16.6 Å². The van der Waals surface area contributed by atoms with Crippen LogP contribution in [0.25, 0.3) is 0 Å². The van der Waals surface area contributed by atoms with Crippen molar-refractivity contribution < 1.29 is 19.6 Å². The van der Waals surface area contributed by atoms with E-state index in [-0.39, 0.29) is 15.7 Å². The molecule has 10 nitrogen and oxygen atoms in total. The van der Waals surface area contributed by atoms with Crippen LogP contribution in [0.3, 0.4) is 0 Å². The molecule has 0 saturated heterocycles. The molecule has 1 heterocycles. The summed E-state index contributed by atoms with van der Waals surface area (Å²) in [6.07, 6.45) is 0. The van der Waals surface area contributed by atoms with Crippen molar-refractivity contribution in [2.24, 2.45) is 0 Å². The van der Waals surface area contributed by atoms with Gasteiger partial charge in [-0.25, -0.2) is 4.68 Å². The molecule has 0 bridgehead atoms. The van der Waals surface area contributed by atoms with Gasteiger partial charge in [0.15, 0.2) is 0 Å². The molecule has 1 N–H and O–H groups in total. The number of rotatable bonds is 6. The lowest BCUT2D eigenvalue weighted by Gasteiger charge is -2.05. The van der Waals surface area contributed by atoms with Crippen LogP contribution in [-0.4, -0.2) is 43.3 Å². The molecule has 0 fully saturated rings. The lowest BCUT2D eigenvalue weighted by atomic mass is 10.3. The van der Waals surface area contributed by atoms with E-state index >= 15 is 0 Å². The summed E-state index contributed by atoms with van der Waals surface area (Å²) < 4.78 is 6.05. The average molecular weight is 311 g/mol. The van der Waals surface area contributed by atoms with Gasteiger partial charge >= 0.3 is 5.97 Å². The standard InChI is InChI=1S/C10H9N5O5S/c1-20-6-2-3-7(15(18)19)8(4-6)21-10-11-12-13-14(10)5-9(16)17/h2-4H,5H2,1H3,(H,16,17). The highest BCUT2D eigenvalue weighted by molar-refractivity contribution is 7.99. The Morgan fingerprint density at radius 1 is 1.57 bits per heavy atom. The third kappa shape index (κ3) is 3.45. The summed E-state index contributed by atoms with van der Waals surface area (Å²) in [5.74, 6) is -0.690. The quantitative estimate of drug-likeness (QED) is 0.607. The summed E-state index contributed by atoms with van der Waals surface area (Å²) >= 11 is 0.889. The SMILES string of the molecule is COc1ccc([N+](=O)[O-])c(Sc2nnnn2CC(=O)O)c1. The number of ether oxygens (including phenoxy) is 1. The van der Waals surface area contributed by atoms with E-state index in [9.17, 15) is 14.9 Å². The van der Waals surface area contributed by atoms with Gasteiger partial charge in [0, 0.05) is 12.1 Å². The highest BCUT2D eigenvalue weighted by atomic mass is 32.2. The van der Waals surface area contributed by atoms with Gasteiger partial charge in [0.25, 0.3) is 5.69 Å². The van der Waals surface area contributed by atoms with Crippen molar-refractivity contribution in [2.75, 3.05) is 7.11 Å². The van der Waals surface area contributed by atoms with Crippen LogP contribution in [0.5, 0.6) is 5.75 Å². The van der Waals surface area contributed by atoms with E-state index in [0.717, 1.165) is 16.4 Å². The zero-order chi connectivity index (χ0) is 15.4. The minimum atomic E-state index is -1.12. The maximum Gasteiger partial charge on any atom is 0.325 e. The minimum absolute atomic E-state index is 0.133. The Bertz CT molecular complexity index is 688. The van der Waals surface area contributed by atoms with E-state index in [1.807, 2.05) is 0 Å². The predicted molar refractivity (Wildman–Crippen MR) is 69.2 cm³/mol. The first-order valence-corrected chi connectivity index (χ1v) is 6.31. The van der Waals surface area contributed by atoms with Crippen LogP contribution in [0.15, 0.2) is 28.3 Å². The second kappa shape index (κ2) is 6.17. The van der Waals surface area contributed by atoms with Crippen LogP contribution < -0.4 is 4.74 Å². The molecule has 0 radical (unpaired) electrons. The normalized spacial score (nSPS) is 10.3. The van der Waals surface area contributed by atoms with E-state index in [4.69, 9.17) is 9.84 Å². The van der Waals surface area contributed by atoms with Crippen LogP contribution in [-0.2, 0) is 11.3 Å². The molecule has 2 rings (SSSR count). The summed E-state index contributed by atoms with van der Waals surface area (Å²) in [5.41, 5.74) is -0.148. The van der Waals surface area contributed by atoms with Gasteiger partial charge in [-0.2, -0.15) is 0 Å². The number of carbonyl (C=O) groups is 1. The highest BCUT2D eigenvalue weighted by Crippen LogP contribution is 2.35. The molecule has 2 aromatic rings. The largest absolute Gasteiger partial charge is 0.497 e. The number of carboxylic acid groups (broad SMARTS) is 1. The van der Waals surface area contributed by atoms with Gasteiger partial charge in [-0.3, -0.25) is 14.9 Å². The lowest BCUT2D eigenvalue weighted by molar-refractivity contribution is -0.387. The number of nitro benzene ring substituents is 1. The Balaban J connectivity index is 2.36. The molecule has 1 aromatic heterocycles. The Morgan fingerprint density at radius 3 is 2.95 bits per heavy atom. The molecule has 0 spiro atoms. The van der Waals surface area contributed by atoms with Crippen molar-refractivity contribution in [3.05, 3.63) is 28.3 Å². The third-order valence-electron chi connectivity index (χ3n) is 2.35. The lowest BCUT2D eigenvalue weighted by Crippen LogP contribution is -2.11. The molecule has 0 aliphatic carbocycles. The zero-order valence-electron chi connectivity index (χ0n) is 10.7. The number of tetrazole rings is 1. The number of aliphatic carboxylic acids is 1. The van der Waals surface area contributed by atoms with Crippen molar-refractivity contribution in [1.82, 2.24) is 20.2 Å². The summed E-state index contributed by atoms with van der Waals surface area (Å²) in [5, 5.41) is 30.4. The number of hydrogen-bond acceptors (Lipinski definition) is 8. The van der Waals surface area contributed by atoms with Gasteiger partial charge in [0.2, 0.25) is 5.16 Å². The van der Waals surface area contributed by atoms with Crippen molar-refractivity contribution >= 4 is 23.4 Å². The fourth-order valence-electron chi connectivity index (χ4n) is 1.45. The monoisotopic (exact) mass is 311 g/mol. The third-order valence-corrected chi connectivity index (χ3v) is 3.37. The molecule has 0 atom stereocenters. The number of aromatic nitrogens is 4. The summed E-state index contributed by atoms with van der Waals surface area (Å²) in [6, 6.07) is 4.22. The van der Waals surface area contributed by atoms with Crippen LogP contribution in [0.2, 0.25) is 0 Å². The molecule has 0 saturated carbocycles. The van der Waals surface area contributed by atoms with E-state index in [2.05, 4.69) is 15.5 Å². The number of hydrogen-bond donors (Lipinski definition) is 1. The molecule has 0 aliphatic rings. The number of benzene rings is 1. The Hall–Kier alpha value is -2.69. The van der Waals surface area contributed by atoms with Crippen molar-refractivity contribution in [3.8, 4) is 5.75 Å². The molecule has 21 heavy (non-hydrogen) atoms. The van der Waals surface area contributed by atoms with E-state index in [1.165, 1.54) is 25.3 Å². The summed E-state index contributed by atoms with van der Waals surface area (Å²) in [7, 11) is 1.43. The van der Waals surface area contributed by atoms with Gasteiger partial charge in [0.05, 0.1) is 16.9 Å². The number of nitro groups is 1. The smallest absolute Gasteiger partial charge is 0.325 e. The maximum absolute atomic E-state index is 11.0. The maximum atomic E-state index is 11.0. The Labute approximate surface area is 121 Å². The molecular weight excluding hydrogens is 302 g/mol. The van der Waals surface area contributed by atoms with Crippen LogP contribution >= 0.6 is 11.8 Å². The topological polar surface area (TPSA) is 133 Å². The molecule has 0 unspecified atom stereocenters. The van der Waals surface area contributed by atoms with E-state index < -0.39 is 17.4 Å².